The molecular formula is C12H13N3O. The summed E-state index contributed by atoms with van der Waals surface area (Å²) in [6.45, 7) is 0.867. The molecule has 1 aliphatic rings. The maximum absolute atomic E-state index is 11.7. The van der Waals surface area contributed by atoms with E-state index in [2.05, 4.69) is 15.6 Å². The lowest BCUT2D eigenvalue weighted by Crippen LogP contribution is -2.26. The molecule has 2 aromatic rings. The van der Waals surface area contributed by atoms with Crippen LogP contribution in [0, 0.1) is 0 Å². The normalized spacial score (nSPS) is 16.3. The van der Waals surface area contributed by atoms with Gasteiger partial charge in [0, 0.05) is 20.0 Å². The largest absolute Gasteiger partial charge is 0.310 e. The van der Waals surface area contributed by atoms with Gasteiger partial charge in [-0.15, -0.1) is 0 Å². The molecule has 0 unspecified atom stereocenters. The van der Waals surface area contributed by atoms with E-state index in [9.17, 15) is 4.79 Å². The summed E-state index contributed by atoms with van der Waals surface area (Å²) in [5.74, 6) is 0.915. The molecule has 4 nitrogen and oxygen atoms in total. The summed E-state index contributed by atoms with van der Waals surface area (Å²) >= 11 is 0. The van der Waals surface area contributed by atoms with E-state index >= 15 is 0 Å². The van der Waals surface area contributed by atoms with E-state index < -0.39 is 0 Å². The SMILES string of the molecule is CN1C(=O)CCCn2c1nc1ccccc12. The highest BCUT2D eigenvalue weighted by atomic mass is 16.2. The molecule has 0 radical (unpaired) electrons. The molecule has 0 saturated heterocycles. The highest BCUT2D eigenvalue weighted by molar-refractivity contribution is 5.93. The molecule has 1 amide bonds. The minimum atomic E-state index is 0.147. The lowest BCUT2D eigenvalue weighted by atomic mass is 10.3. The molecule has 0 spiro atoms. The quantitative estimate of drug-likeness (QED) is 0.672. The number of aromatic nitrogens is 2. The lowest BCUT2D eigenvalue weighted by molar-refractivity contribution is -0.118. The van der Waals surface area contributed by atoms with Gasteiger partial charge in [-0.25, -0.2) is 4.98 Å². The van der Waals surface area contributed by atoms with Gasteiger partial charge in [-0.2, -0.15) is 0 Å². The molecule has 0 fully saturated rings. The van der Waals surface area contributed by atoms with Crippen molar-refractivity contribution in [1.29, 1.82) is 0 Å². The van der Waals surface area contributed by atoms with Crippen LogP contribution in [0.25, 0.3) is 11.0 Å². The second-order valence-corrected chi connectivity index (χ2v) is 4.11. The van der Waals surface area contributed by atoms with E-state index in [1.807, 2.05) is 18.2 Å². The first-order valence-corrected chi connectivity index (χ1v) is 5.49. The molecule has 16 heavy (non-hydrogen) atoms. The second kappa shape index (κ2) is 3.33. The van der Waals surface area contributed by atoms with Crippen LogP contribution in [0.1, 0.15) is 12.8 Å². The summed E-state index contributed by atoms with van der Waals surface area (Å²) < 4.78 is 2.13. The van der Waals surface area contributed by atoms with Crippen molar-refractivity contribution in [3.63, 3.8) is 0 Å². The van der Waals surface area contributed by atoms with Crippen LogP contribution in [0.5, 0.6) is 0 Å². The first kappa shape index (κ1) is 9.39. The van der Waals surface area contributed by atoms with E-state index in [-0.39, 0.29) is 5.91 Å². The van der Waals surface area contributed by atoms with Crippen molar-refractivity contribution < 1.29 is 4.79 Å². The molecule has 3 rings (SSSR count). The standard InChI is InChI=1S/C12H13N3O/c1-14-11(16)7-4-8-15-10-6-3-2-5-9(10)13-12(14)15/h2-3,5-6H,4,7-8H2,1H3. The van der Waals surface area contributed by atoms with Crippen LogP contribution in [0.3, 0.4) is 0 Å². The number of nitrogens with zero attached hydrogens (tertiary/aromatic N) is 3. The van der Waals surface area contributed by atoms with E-state index in [1.54, 1.807) is 11.9 Å². The van der Waals surface area contributed by atoms with Crippen molar-refractivity contribution in [2.45, 2.75) is 19.4 Å². The zero-order chi connectivity index (χ0) is 11.1. The third kappa shape index (κ3) is 1.23. The zero-order valence-corrected chi connectivity index (χ0v) is 9.18. The van der Waals surface area contributed by atoms with Gasteiger partial charge in [0.25, 0.3) is 0 Å². The number of aryl methyl sites for hydroxylation is 1. The number of hydrogen-bond acceptors (Lipinski definition) is 2. The van der Waals surface area contributed by atoms with E-state index in [0.29, 0.717) is 6.42 Å². The number of fused-ring (bicyclic) bond motifs is 3. The lowest BCUT2D eigenvalue weighted by Gasteiger charge is -2.13. The van der Waals surface area contributed by atoms with Crippen molar-refractivity contribution in [3.05, 3.63) is 24.3 Å². The maximum atomic E-state index is 11.7. The predicted octanol–water partition coefficient (Wildman–Crippen LogP) is 1.79. The Morgan fingerprint density at radius 2 is 2.12 bits per heavy atom. The molecule has 4 heteroatoms. The highest BCUT2D eigenvalue weighted by Gasteiger charge is 2.21. The molecule has 0 N–H and O–H groups in total. The summed E-state index contributed by atoms with van der Waals surface area (Å²) in [7, 11) is 1.80. The van der Waals surface area contributed by atoms with Gasteiger partial charge in [-0.3, -0.25) is 9.69 Å². The molecule has 82 valence electrons. The van der Waals surface area contributed by atoms with Gasteiger partial charge in [0.2, 0.25) is 11.9 Å². The fourth-order valence-corrected chi connectivity index (χ4v) is 2.21. The Labute approximate surface area is 93.5 Å². The van der Waals surface area contributed by atoms with Crippen LogP contribution < -0.4 is 4.90 Å². The number of para-hydroxylation sites is 2. The Kier molecular flexibility index (Phi) is 1.96. The number of carbonyl (C=O) groups excluding carboxylic acids is 1. The van der Waals surface area contributed by atoms with Crippen LogP contribution in [0.2, 0.25) is 0 Å². The average Bonchev–Trinajstić information content (AvgIpc) is 2.61. The zero-order valence-electron chi connectivity index (χ0n) is 9.18. The van der Waals surface area contributed by atoms with Crippen LogP contribution in [0.15, 0.2) is 24.3 Å². The molecule has 0 atom stereocenters. The van der Waals surface area contributed by atoms with E-state index in [4.69, 9.17) is 0 Å². The van der Waals surface area contributed by atoms with Crippen molar-refractivity contribution in [2.24, 2.45) is 0 Å². The number of anilines is 1. The number of benzene rings is 1. The predicted molar refractivity (Wildman–Crippen MR) is 62.4 cm³/mol. The molecule has 0 aliphatic carbocycles. The third-order valence-electron chi connectivity index (χ3n) is 3.08. The second-order valence-electron chi connectivity index (χ2n) is 4.11. The molecule has 1 aromatic heterocycles. The van der Waals surface area contributed by atoms with Gasteiger partial charge in [0.1, 0.15) is 0 Å². The van der Waals surface area contributed by atoms with Crippen molar-refractivity contribution in [2.75, 3.05) is 11.9 Å². The molecule has 1 aliphatic heterocycles. The maximum Gasteiger partial charge on any atom is 0.229 e. The van der Waals surface area contributed by atoms with Crippen molar-refractivity contribution >= 4 is 22.9 Å². The molecule has 1 aromatic carbocycles. The first-order chi connectivity index (χ1) is 7.77. The molecular weight excluding hydrogens is 202 g/mol. The number of rotatable bonds is 0. The minimum Gasteiger partial charge on any atom is -0.310 e. The number of amides is 1. The Morgan fingerprint density at radius 3 is 3.00 bits per heavy atom. The van der Waals surface area contributed by atoms with E-state index in [1.165, 1.54) is 0 Å². The number of carbonyl (C=O) groups is 1. The topological polar surface area (TPSA) is 38.1 Å². The van der Waals surface area contributed by atoms with Gasteiger partial charge in [-0.05, 0) is 18.6 Å². The van der Waals surface area contributed by atoms with Gasteiger partial charge < -0.3 is 4.57 Å². The summed E-state index contributed by atoms with van der Waals surface area (Å²) in [4.78, 5) is 17.9. The fourth-order valence-electron chi connectivity index (χ4n) is 2.21. The highest BCUT2D eigenvalue weighted by Crippen LogP contribution is 2.25. The fraction of sp³-hybridized carbons (Fsp3) is 0.333. The third-order valence-corrected chi connectivity index (χ3v) is 3.08. The van der Waals surface area contributed by atoms with Crippen LogP contribution in [-0.4, -0.2) is 22.5 Å². The molecule has 0 saturated carbocycles. The van der Waals surface area contributed by atoms with Crippen molar-refractivity contribution in [1.82, 2.24) is 9.55 Å². The molecule has 0 bridgehead atoms. The smallest absolute Gasteiger partial charge is 0.229 e. The van der Waals surface area contributed by atoms with Gasteiger partial charge in [-0.1, -0.05) is 12.1 Å². The number of imidazole rings is 1. The van der Waals surface area contributed by atoms with Crippen LogP contribution in [0.4, 0.5) is 5.95 Å². The summed E-state index contributed by atoms with van der Waals surface area (Å²) in [5, 5.41) is 0. The Bertz CT molecular complexity index is 558. The minimum absolute atomic E-state index is 0.147. The van der Waals surface area contributed by atoms with Gasteiger partial charge in [0.05, 0.1) is 11.0 Å². The van der Waals surface area contributed by atoms with Crippen molar-refractivity contribution in [3.8, 4) is 0 Å². The summed E-state index contributed by atoms with van der Waals surface area (Å²) in [6, 6.07) is 8.01. The number of hydrogen-bond donors (Lipinski definition) is 0. The summed E-state index contributed by atoms with van der Waals surface area (Å²) in [6.07, 6.45) is 1.49. The molecule has 2 heterocycles. The van der Waals surface area contributed by atoms with Gasteiger partial charge >= 0.3 is 0 Å². The van der Waals surface area contributed by atoms with Gasteiger partial charge in [0.15, 0.2) is 0 Å². The Hall–Kier alpha value is -1.84. The summed E-state index contributed by atoms with van der Waals surface area (Å²) in [5.41, 5.74) is 2.07. The van der Waals surface area contributed by atoms with E-state index in [0.717, 1.165) is 29.9 Å². The van der Waals surface area contributed by atoms with Crippen LogP contribution in [-0.2, 0) is 11.3 Å². The Balaban J connectivity index is 2.27. The monoisotopic (exact) mass is 215 g/mol. The average molecular weight is 215 g/mol. The Morgan fingerprint density at radius 1 is 1.31 bits per heavy atom. The first-order valence-electron chi connectivity index (χ1n) is 5.49. The van der Waals surface area contributed by atoms with Crippen LogP contribution >= 0.6 is 0 Å².